The number of fused-ring (bicyclic) bond motifs is 3. The Hall–Kier alpha value is -2.47. The number of carbonyl (C=O) groups excluding carboxylic acids is 4. The van der Waals surface area contributed by atoms with E-state index in [0.29, 0.717) is 19.8 Å². The molecule has 0 aromatic rings. The smallest absolute Gasteiger partial charge is 0.405 e. The summed E-state index contributed by atoms with van der Waals surface area (Å²) in [5, 5.41) is -4.76. The van der Waals surface area contributed by atoms with Gasteiger partial charge in [-0.1, -0.05) is 0 Å². The molecule has 0 aromatic heterocycles. The first-order chi connectivity index (χ1) is 20.2. The highest BCUT2D eigenvalue weighted by Gasteiger charge is 2.72. The van der Waals surface area contributed by atoms with E-state index in [9.17, 15) is 36.4 Å². The van der Waals surface area contributed by atoms with E-state index in [1.807, 2.05) is 0 Å². The second-order valence-corrected chi connectivity index (χ2v) is 13.5. The molecule has 5 aliphatic heterocycles. The van der Waals surface area contributed by atoms with Gasteiger partial charge >= 0.3 is 39.2 Å². The van der Waals surface area contributed by atoms with Gasteiger partial charge in [-0.25, -0.2) is 9.59 Å². The predicted octanol–water partition coefficient (Wildman–Crippen LogP) is 0.689. The molecule has 17 heteroatoms. The minimum atomic E-state index is -5.85. The lowest BCUT2D eigenvalue weighted by molar-refractivity contribution is -0.181. The first-order valence-corrected chi connectivity index (χ1v) is 15.7. The van der Waals surface area contributed by atoms with Crippen LogP contribution in [0.5, 0.6) is 0 Å². The Labute approximate surface area is 244 Å². The summed E-state index contributed by atoms with van der Waals surface area (Å²) in [6, 6.07) is 0. The lowest BCUT2D eigenvalue weighted by Crippen LogP contribution is -2.51. The van der Waals surface area contributed by atoms with Crippen molar-refractivity contribution in [3.63, 3.8) is 0 Å². The number of hydrogen-bond acceptors (Lipinski definition) is 13. The Balaban J connectivity index is 1.05. The minimum Gasteiger partial charge on any atom is -0.458 e. The molecule has 0 amide bonds. The highest BCUT2D eigenvalue weighted by Crippen LogP contribution is 2.55. The quantitative estimate of drug-likeness (QED) is 0.189. The van der Waals surface area contributed by atoms with Crippen molar-refractivity contribution in [3.8, 4) is 0 Å². The van der Waals surface area contributed by atoms with E-state index in [2.05, 4.69) is 4.74 Å². The molecule has 10 atom stereocenters. The Morgan fingerprint density at radius 2 is 1.77 bits per heavy atom. The monoisotopic (exact) mass is 638 g/mol. The fourth-order valence-corrected chi connectivity index (χ4v) is 8.10. The third-order valence-electron chi connectivity index (χ3n) is 9.55. The van der Waals surface area contributed by atoms with Crippen LogP contribution in [0.15, 0.2) is 0 Å². The molecule has 6 fully saturated rings. The van der Waals surface area contributed by atoms with E-state index in [0.717, 1.165) is 32.1 Å². The molecule has 240 valence electrons. The summed E-state index contributed by atoms with van der Waals surface area (Å²) < 4.78 is 95.4. The average molecular weight is 639 g/mol. The first-order valence-electron chi connectivity index (χ1n) is 14.3. The lowest BCUT2D eigenvalue weighted by atomic mass is 9.75. The summed E-state index contributed by atoms with van der Waals surface area (Å²) in [5.74, 6) is -5.65. The van der Waals surface area contributed by atoms with Gasteiger partial charge in [0.05, 0.1) is 12.2 Å². The van der Waals surface area contributed by atoms with Crippen LogP contribution in [0.25, 0.3) is 0 Å². The van der Waals surface area contributed by atoms with E-state index >= 15 is 0 Å². The number of ether oxygens (including phenoxy) is 7. The Kier molecular flexibility index (Phi) is 7.71. The highest BCUT2D eigenvalue weighted by molar-refractivity contribution is 7.86. The van der Waals surface area contributed by atoms with Crippen LogP contribution in [-0.4, -0.2) is 104 Å². The van der Waals surface area contributed by atoms with Crippen LogP contribution in [0.3, 0.4) is 0 Å². The van der Waals surface area contributed by atoms with E-state index in [4.69, 9.17) is 33.0 Å². The van der Waals surface area contributed by atoms with Gasteiger partial charge in [0.2, 0.25) is 0 Å². The van der Waals surface area contributed by atoms with E-state index in [1.54, 1.807) is 0 Å². The zero-order chi connectivity index (χ0) is 30.9. The molecule has 6 aliphatic rings. The van der Waals surface area contributed by atoms with Gasteiger partial charge in [-0.3, -0.25) is 14.1 Å². The number of carbonyl (C=O) groups is 4. The normalized spacial score (nSPS) is 37.8. The summed E-state index contributed by atoms with van der Waals surface area (Å²) in [4.78, 5) is 50.7. The average Bonchev–Trinajstić information content (AvgIpc) is 3.76. The van der Waals surface area contributed by atoms with Gasteiger partial charge in [0, 0.05) is 5.92 Å². The van der Waals surface area contributed by atoms with Gasteiger partial charge in [-0.2, -0.15) is 17.2 Å². The van der Waals surface area contributed by atoms with Crippen molar-refractivity contribution in [3.05, 3.63) is 0 Å². The van der Waals surface area contributed by atoms with E-state index in [-0.39, 0.29) is 18.1 Å². The van der Waals surface area contributed by atoms with Crippen LogP contribution in [-0.2, 0) is 62.5 Å². The number of halogens is 2. The van der Waals surface area contributed by atoms with Crippen molar-refractivity contribution < 1.29 is 74.1 Å². The van der Waals surface area contributed by atoms with Crippen molar-refractivity contribution in [2.24, 2.45) is 17.8 Å². The molecular weight excluding hydrogens is 606 g/mol. The molecular formula is C26H32F2O14S. The zero-order valence-corrected chi connectivity index (χ0v) is 23.9. The van der Waals surface area contributed by atoms with Gasteiger partial charge in [0.15, 0.2) is 18.3 Å². The zero-order valence-electron chi connectivity index (χ0n) is 23.1. The molecule has 0 aromatic carbocycles. The van der Waals surface area contributed by atoms with Gasteiger partial charge < -0.3 is 33.2 Å². The van der Waals surface area contributed by atoms with Crippen LogP contribution in [0.2, 0.25) is 0 Å². The summed E-state index contributed by atoms with van der Waals surface area (Å²) in [6.45, 7) is -1.34. The summed E-state index contributed by atoms with van der Waals surface area (Å²) in [5.41, 5.74) is -0.696. The predicted molar refractivity (Wildman–Crippen MR) is 132 cm³/mol. The summed E-state index contributed by atoms with van der Waals surface area (Å²) in [6.07, 6.45) is -0.404. The van der Waals surface area contributed by atoms with Gasteiger partial charge in [-0.05, 0) is 51.9 Å². The fraction of sp³-hybridized carbons (Fsp3) is 0.846. The second-order valence-electron chi connectivity index (χ2n) is 12.0. The van der Waals surface area contributed by atoms with E-state index in [1.165, 1.54) is 0 Å². The lowest BCUT2D eigenvalue weighted by Gasteiger charge is -2.39. The molecule has 1 saturated carbocycles. The molecule has 6 rings (SSSR count). The number of rotatable bonds is 11. The Bertz CT molecular complexity index is 1280. The Morgan fingerprint density at radius 1 is 1.07 bits per heavy atom. The topological polar surface area (TPSA) is 187 Å². The molecule has 0 spiro atoms. The second kappa shape index (κ2) is 10.9. The van der Waals surface area contributed by atoms with Crippen LogP contribution >= 0.6 is 0 Å². The van der Waals surface area contributed by atoms with Crippen molar-refractivity contribution in [2.45, 2.75) is 105 Å². The van der Waals surface area contributed by atoms with Crippen molar-refractivity contribution in [2.75, 3.05) is 13.2 Å². The van der Waals surface area contributed by atoms with Crippen LogP contribution in [0, 0.1) is 17.8 Å². The number of alkyl halides is 2. The maximum atomic E-state index is 13.7. The summed E-state index contributed by atoms with van der Waals surface area (Å²) in [7, 11) is -5.85. The summed E-state index contributed by atoms with van der Waals surface area (Å²) >= 11 is 0. The van der Waals surface area contributed by atoms with Gasteiger partial charge in [-0.15, -0.1) is 0 Å². The van der Waals surface area contributed by atoms with Crippen LogP contribution in [0.1, 0.15) is 51.9 Å². The van der Waals surface area contributed by atoms with Crippen LogP contribution < -0.4 is 0 Å². The van der Waals surface area contributed by atoms with Crippen LogP contribution in [0.4, 0.5) is 8.78 Å². The molecule has 0 radical (unpaired) electrons. The van der Waals surface area contributed by atoms with Crippen molar-refractivity contribution >= 4 is 34.0 Å². The minimum absolute atomic E-state index is 0.0291. The van der Waals surface area contributed by atoms with Gasteiger partial charge in [0.1, 0.15) is 42.9 Å². The maximum Gasteiger partial charge on any atom is 0.405 e. The first kappa shape index (κ1) is 30.6. The largest absolute Gasteiger partial charge is 0.458 e. The third kappa shape index (κ3) is 5.19. The molecule has 1 aliphatic carbocycles. The molecule has 43 heavy (non-hydrogen) atoms. The third-order valence-corrected chi connectivity index (χ3v) is 10.6. The number of esters is 4. The molecule has 14 nitrogen and oxygen atoms in total. The Morgan fingerprint density at radius 3 is 2.40 bits per heavy atom. The molecule has 10 unspecified atom stereocenters. The van der Waals surface area contributed by atoms with Crippen molar-refractivity contribution in [1.82, 2.24) is 0 Å². The standard InChI is InChI=1S/C26H32F2O14S/c1-11(26(27,28)43(33,34)35)37-15(29)9-36-10-16(30)39-21-20-18(17-19(40-20)22(21)41-23(17)31)24(32)42-25(6-2-3-7-25)13-8-12-4-5-14(13)38-12/h11-14,17-22H,2-10H2,1H3,(H,33,34,35). The molecule has 1 N–H and O–H groups in total. The maximum absolute atomic E-state index is 13.7. The van der Waals surface area contributed by atoms with Crippen molar-refractivity contribution in [1.29, 1.82) is 0 Å². The van der Waals surface area contributed by atoms with Gasteiger partial charge in [0.25, 0.3) is 0 Å². The molecule has 5 heterocycles. The highest BCUT2D eigenvalue weighted by atomic mass is 32.2. The molecule has 5 saturated heterocycles. The SMILES string of the molecule is CC(OC(=O)COCC(=O)OC1C2OC(=O)C3C2OC1C3C(=O)OC1(C2CC3CCC2O3)CCCC1)C(F)(F)S(=O)(=O)O. The van der Waals surface area contributed by atoms with E-state index < -0.39 is 100 Å². The molecule has 4 bridgehead atoms. The fourth-order valence-electron chi connectivity index (χ4n) is 7.63. The number of hydrogen-bond donors (Lipinski definition) is 1.